The quantitative estimate of drug-likeness (QED) is 0.771. The summed E-state index contributed by atoms with van der Waals surface area (Å²) in [5, 5.41) is 2.75. The molecule has 1 rings (SSSR count). The molecule has 0 saturated heterocycles. The fourth-order valence-electron chi connectivity index (χ4n) is 1.44. The van der Waals surface area contributed by atoms with E-state index in [0.717, 1.165) is 17.5 Å². The highest BCUT2D eigenvalue weighted by Crippen LogP contribution is 2.24. The first kappa shape index (κ1) is 11.4. The second-order valence-corrected chi connectivity index (χ2v) is 3.80. The van der Waals surface area contributed by atoms with Crippen LogP contribution in [0.2, 0.25) is 0 Å². The van der Waals surface area contributed by atoms with E-state index in [2.05, 4.69) is 5.32 Å². The molecular formula is C12H15NO2. The zero-order chi connectivity index (χ0) is 11.4. The zero-order valence-electron chi connectivity index (χ0n) is 9.20. The van der Waals surface area contributed by atoms with Crippen molar-refractivity contribution in [3.05, 3.63) is 29.3 Å². The average molecular weight is 205 g/mol. The molecule has 0 heterocycles. The standard InChI is InChI=1S/C12H15NO2/c1-8(2)11-6-10(7-14)4-5-12(11)13-9(3)15/h4-8H,1-3H3,(H,13,15). The topological polar surface area (TPSA) is 46.2 Å². The zero-order valence-corrected chi connectivity index (χ0v) is 9.20. The minimum Gasteiger partial charge on any atom is -0.326 e. The van der Waals surface area contributed by atoms with Crippen LogP contribution in [0, 0.1) is 0 Å². The van der Waals surface area contributed by atoms with E-state index in [1.807, 2.05) is 19.9 Å². The Morgan fingerprint density at radius 3 is 2.53 bits per heavy atom. The van der Waals surface area contributed by atoms with Crippen LogP contribution in [0.15, 0.2) is 18.2 Å². The number of nitrogens with one attached hydrogen (secondary N) is 1. The predicted molar refractivity (Wildman–Crippen MR) is 60.2 cm³/mol. The lowest BCUT2D eigenvalue weighted by atomic mass is 9.99. The number of benzene rings is 1. The van der Waals surface area contributed by atoms with E-state index in [0.29, 0.717) is 5.56 Å². The third-order valence-corrected chi connectivity index (χ3v) is 2.14. The number of hydrogen-bond donors (Lipinski definition) is 1. The first-order valence-electron chi connectivity index (χ1n) is 4.91. The SMILES string of the molecule is CC(=O)Nc1ccc(C=O)cc1C(C)C. The van der Waals surface area contributed by atoms with Gasteiger partial charge in [0.25, 0.3) is 0 Å². The highest BCUT2D eigenvalue weighted by molar-refractivity contribution is 5.90. The van der Waals surface area contributed by atoms with E-state index in [1.165, 1.54) is 6.92 Å². The van der Waals surface area contributed by atoms with Crippen LogP contribution >= 0.6 is 0 Å². The molecule has 0 atom stereocenters. The molecule has 80 valence electrons. The summed E-state index contributed by atoms with van der Waals surface area (Å²) in [4.78, 5) is 21.6. The van der Waals surface area contributed by atoms with Crippen molar-refractivity contribution < 1.29 is 9.59 Å². The van der Waals surface area contributed by atoms with Gasteiger partial charge in [-0.1, -0.05) is 13.8 Å². The van der Waals surface area contributed by atoms with Crippen LogP contribution < -0.4 is 5.32 Å². The van der Waals surface area contributed by atoms with Crippen molar-refractivity contribution in [3.63, 3.8) is 0 Å². The molecule has 0 bridgehead atoms. The molecule has 1 aromatic carbocycles. The number of rotatable bonds is 3. The fraction of sp³-hybridized carbons (Fsp3) is 0.333. The maximum absolute atomic E-state index is 11.0. The van der Waals surface area contributed by atoms with Crippen molar-refractivity contribution in [2.75, 3.05) is 5.32 Å². The smallest absolute Gasteiger partial charge is 0.221 e. The Hall–Kier alpha value is -1.64. The third-order valence-electron chi connectivity index (χ3n) is 2.14. The molecule has 3 nitrogen and oxygen atoms in total. The summed E-state index contributed by atoms with van der Waals surface area (Å²) in [6.45, 7) is 5.52. The first-order valence-corrected chi connectivity index (χ1v) is 4.91. The second-order valence-electron chi connectivity index (χ2n) is 3.80. The van der Waals surface area contributed by atoms with Gasteiger partial charge < -0.3 is 5.32 Å². The Morgan fingerprint density at radius 2 is 2.07 bits per heavy atom. The van der Waals surface area contributed by atoms with E-state index in [-0.39, 0.29) is 11.8 Å². The van der Waals surface area contributed by atoms with Crippen molar-refractivity contribution in [2.45, 2.75) is 26.7 Å². The van der Waals surface area contributed by atoms with E-state index in [4.69, 9.17) is 0 Å². The number of hydrogen-bond acceptors (Lipinski definition) is 2. The third kappa shape index (κ3) is 2.91. The van der Waals surface area contributed by atoms with Crippen molar-refractivity contribution >= 4 is 17.9 Å². The van der Waals surface area contributed by atoms with Crippen molar-refractivity contribution in [1.82, 2.24) is 0 Å². The molecule has 1 aromatic rings. The largest absolute Gasteiger partial charge is 0.326 e. The Labute approximate surface area is 89.5 Å². The number of amides is 1. The van der Waals surface area contributed by atoms with Crippen LogP contribution in [0.25, 0.3) is 0 Å². The lowest BCUT2D eigenvalue weighted by Gasteiger charge is -2.13. The summed E-state index contributed by atoms with van der Waals surface area (Å²) in [6.07, 6.45) is 0.809. The van der Waals surface area contributed by atoms with Gasteiger partial charge >= 0.3 is 0 Å². The van der Waals surface area contributed by atoms with Crippen LogP contribution in [0.5, 0.6) is 0 Å². The molecule has 0 unspecified atom stereocenters. The lowest BCUT2D eigenvalue weighted by Crippen LogP contribution is -2.09. The Balaban J connectivity index is 3.14. The molecule has 0 aromatic heterocycles. The minimum atomic E-state index is -0.101. The normalized spacial score (nSPS) is 10.1. The average Bonchev–Trinajstić information content (AvgIpc) is 2.17. The van der Waals surface area contributed by atoms with Crippen LogP contribution in [0.4, 0.5) is 5.69 Å². The van der Waals surface area contributed by atoms with E-state index >= 15 is 0 Å². The van der Waals surface area contributed by atoms with Gasteiger partial charge in [-0.2, -0.15) is 0 Å². The molecule has 1 N–H and O–H groups in total. The van der Waals surface area contributed by atoms with Crippen LogP contribution in [0.1, 0.15) is 42.6 Å². The number of aldehydes is 1. The summed E-state index contributed by atoms with van der Waals surface area (Å²) < 4.78 is 0. The summed E-state index contributed by atoms with van der Waals surface area (Å²) in [5.74, 6) is 0.169. The van der Waals surface area contributed by atoms with Crippen LogP contribution in [0.3, 0.4) is 0 Å². The van der Waals surface area contributed by atoms with Gasteiger partial charge in [-0.15, -0.1) is 0 Å². The first-order chi connectivity index (χ1) is 7.04. The number of carbonyl (C=O) groups is 2. The molecule has 0 radical (unpaired) electrons. The van der Waals surface area contributed by atoms with Gasteiger partial charge in [0.2, 0.25) is 5.91 Å². The molecule has 3 heteroatoms. The summed E-state index contributed by atoms with van der Waals surface area (Å²) in [7, 11) is 0. The highest BCUT2D eigenvalue weighted by atomic mass is 16.1. The Kier molecular flexibility index (Phi) is 3.61. The highest BCUT2D eigenvalue weighted by Gasteiger charge is 2.08. The molecule has 0 spiro atoms. The van der Waals surface area contributed by atoms with Gasteiger partial charge in [0.1, 0.15) is 6.29 Å². The second kappa shape index (κ2) is 4.73. The summed E-state index contributed by atoms with van der Waals surface area (Å²) in [6, 6.07) is 5.27. The molecular weight excluding hydrogens is 190 g/mol. The maximum atomic E-state index is 11.0. The molecule has 0 aliphatic rings. The molecule has 15 heavy (non-hydrogen) atoms. The molecule has 0 saturated carbocycles. The van der Waals surface area contributed by atoms with Gasteiger partial charge in [0, 0.05) is 18.2 Å². The van der Waals surface area contributed by atoms with E-state index in [1.54, 1.807) is 12.1 Å². The van der Waals surface area contributed by atoms with Crippen molar-refractivity contribution in [2.24, 2.45) is 0 Å². The number of carbonyl (C=O) groups excluding carboxylic acids is 2. The van der Waals surface area contributed by atoms with Crippen LogP contribution in [-0.2, 0) is 4.79 Å². The summed E-state index contributed by atoms with van der Waals surface area (Å²) in [5.41, 5.74) is 2.39. The van der Waals surface area contributed by atoms with Gasteiger partial charge in [-0.05, 0) is 29.7 Å². The van der Waals surface area contributed by atoms with Crippen LogP contribution in [-0.4, -0.2) is 12.2 Å². The van der Waals surface area contributed by atoms with Crippen molar-refractivity contribution in [1.29, 1.82) is 0 Å². The monoisotopic (exact) mass is 205 g/mol. The maximum Gasteiger partial charge on any atom is 0.221 e. The van der Waals surface area contributed by atoms with Crippen molar-refractivity contribution in [3.8, 4) is 0 Å². The van der Waals surface area contributed by atoms with E-state index < -0.39 is 0 Å². The predicted octanol–water partition coefficient (Wildman–Crippen LogP) is 2.58. The Morgan fingerprint density at radius 1 is 1.40 bits per heavy atom. The molecule has 1 amide bonds. The number of anilines is 1. The summed E-state index contributed by atoms with van der Waals surface area (Å²) >= 11 is 0. The minimum absolute atomic E-state index is 0.101. The van der Waals surface area contributed by atoms with Gasteiger partial charge in [0.15, 0.2) is 0 Å². The molecule has 0 fully saturated rings. The Bertz CT molecular complexity index is 383. The molecule has 0 aliphatic carbocycles. The van der Waals surface area contributed by atoms with Gasteiger partial charge in [-0.3, -0.25) is 9.59 Å². The van der Waals surface area contributed by atoms with Gasteiger partial charge in [-0.25, -0.2) is 0 Å². The lowest BCUT2D eigenvalue weighted by molar-refractivity contribution is -0.114. The fourth-order valence-corrected chi connectivity index (χ4v) is 1.44. The molecule has 0 aliphatic heterocycles. The van der Waals surface area contributed by atoms with E-state index in [9.17, 15) is 9.59 Å². The van der Waals surface area contributed by atoms with Gasteiger partial charge in [0.05, 0.1) is 0 Å².